The number of halogens is 2. The minimum absolute atomic E-state index is 0.332. The van der Waals surface area contributed by atoms with E-state index in [1.54, 1.807) is 0 Å². The number of hydrogen-bond acceptors (Lipinski definition) is 0. The molecule has 12 heavy (non-hydrogen) atoms. The maximum atomic E-state index is 5.86. The van der Waals surface area contributed by atoms with Crippen molar-refractivity contribution in [3.8, 4) is 0 Å². The van der Waals surface area contributed by atoms with Crippen LogP contribution in [-0.2, 0) is 0 Å². The molecule has 0 aliphatic heterocycles. The molecular weight excluding hydrogens is 235 g/mol. The van der Waals surface area contributed by atoms with Crippen LogP contribution >= 0.6 is 27.5 Å². The van der Waals surface area contributed by atoms with E-state index in [1.807, 2.05) is 24.3 Å². The predicted molar refractivity (Wildman–Crippen MR) is 57.8 cm³/mol. The van der Waals surface area contributed by atoms with E-state index in [9.17, 15) is 0 Å². The molecule has 0 spiro atoms. The van der Waals surface area contributed by atoms with Crippen LogP contribution in [-0.4, -0.2) is 0 Å². The molecule has 2 heteroatoms. The van der Waals surface area contributed by atoms with E-state index in [1.165, 1.54) is 5.56 Å². The van der Waals surface area contributed by atoms with Crippen molar-refractivity contribution in [3.63, 3.8) is 0 Å². The zero-order valence-corrected chi connectivity index (χ0v) is 9.19. The molecule has 0 saturated carbocycles. The van der Waals surface area contributed by atoms with Crippen molar-refractivity contribution in [2.75, 3.05) is 0 Å². The maximum absolute atomic E-state index is 5.86. The summed E-state index contributed by atoms with van der Waals surface area (Å²) in [6.45, 7) is 5.83. The summed E-state index contributed by atoms with van der Waals surface area (Å²) in [6.07, 6.45) is 1.90. The van der Waals surface area contributed by atoms with Gasteiger partial charge in [-0.3, -0.25) is 0 Å². The van der Waals surface area contributed by atoms with Gasteiger partial charge in [-0.15, -0.1) is 6.58 Å². The Morgan fingerprint density at radius 3 is 2.83 bits per heavy atom. The Bertz CT molecular complexity index is 294. The lowest BCUT2D eigenvalue weighted by Crippen LogP contribution is -1.89. The van der Waals surface area contributed by atoms with Crippen LogP contribution in [0, 0.1) is 0 Å². The zero-order valence-electron chi connectivity index (χ0n) is 6.85. The average molecular weight is 246 g/mol. The van der Waals surface area contributed by atoms with Crippen LogP contribution in [0.3, 0.4) is 0 Å². The number of hydrogen-bond donors (Lipinski definition) is 0. The van der Waals surface area contributed by atoms with Crippen LogP contribution in [0.5, 0.6) is 0 Å². The normalized spacial score (nSPS) is 12.6. The summed E-state index contributed by atoms with van der Waals surface area (Å²) in [5.74, 6) is 0.332. The highest BCUT2D eigenvalue weighted by Crippen LogP contribution is 2.28. The third-order valence-electron chi connectivity index (χ3n) is 1.80. The van der Waals surface area contributed by atoms with Gasteiger partial charge in [0.05, 0.1) is 0 Å². The number of benzene rings is 1. The summed E-state index contributed by atoms with van der Waals surface area (Å²) in [5, 5.41) is 0.766. The van der Waals surface area contributed by atoms with Crippen LogP contribution in [0.1, 0.15) is 18.4 Å². The van der Waals surface area contributed by atoms with Gasteiger partial charge in [0.1, 0.15) is 0 Å². The second-order valence-corrected chi connectivity index (χ2v) is 3.98. The van der Waals surface area contributed by atoms with Gasteiger partial charge in [-0.2, -0.15) is 0 Å². The lowest BCUT2D eigenvalue weighted by Gasteiger charge is -2.08. The molecule has 0 heterocycles. The third kappa shape index (κ3) is 2.11. The molecule has 0 saturated heterocycles. The Hall–Kier alpha value is -0.270. The molecule has 0 bridgehead atoms. The Labute approximate surface area is 86.4 Å². The molecule has 1 aromatic rings. The minimum Gasteiger partial charge on any atom is -0.102 e. The molecule has 0 aromatic heterocycles. The minimum atomic E-state index is 0.332. The molecule has 1 unspecified atom stereocenters. The predicted octanol–water partition coefficient (Wildman–Crippen LogP) is 4.39. The highest BCUT2D eigenvalue weighted by molar-refractivity contribution is 9.10. The van der Waals surface area contributed by atoms with Crippen molar-refractivity contribution in [2.45, 2.75) is 12.8 Å². The molecule has 1 atom stereocenters. The summed E-state index contributed by atoms with van der Waals surface area (Å²) >= 11 is 9.33. The molecule has 1 rings (SSSR count). The van der Waals surface area contributed by atoms with Gasteiger partial charge in [0.25, 0.3) is 0 Å². The van der Waals surface area contributed by atoms with E-state index in [0.29, 0.717) is 5.92 Å². The second-order valence-electron chi connectivity index (χ2n) is 2.69. The van der Waals surface area contributed by atoms with E-state index >= 15 is 0 Å². The molecule has 64 valence electrons. The van der Waals surface area contributed by atoms with Crippen molar-refractivity contribution < 1.29 is 0 Å². The van der Waals surface area contributed by atoms with Gasteiger partial charge in [-0.05, 0) is 29.7 Å². The summed E-state index contributed by atoms with van der Waals surface area (Å²) in [4.78, 5) is 0. The standard InChI is InChI=1S/C10H10BrCl/c1-3-7(2)9-6-8(12)4-5-10(9)11/h3-7H,1H2,2H3. The molecule has 0 N–H and O–H groups in total. The lowest BCUT2D eigenvalue weighted by molar-refractivity contribution is 0.963. The van der Waals surface area contributed by atoms with E-state index in [-0.39, 0.29) is 0 Å². The van der Waals surface area contributed by atoms with Gasteiger partial charge >= 0.3 is 0 Å². The van der Waals surface area contributed by atoms with Crippen LogP contribution in [0.15, 0.2) is 35.3 Å². The first kappa shape index (κ1) is 9.82. The van der Waals surface area contributed by atoms with Gasteiger partial charge in [0.2, 0.25) is 0 Å². The quantitative estimate of drug-likeness (QED) is 0.678. The monoisotopic (exact) mass is 244 g/mol. The van der Waals surface area contributed by atoms with Gasteiger partial charge in [-0.25, -0.2) is 0 Å². The zero-order chi connectivity index (χ0) is 9.14. The first-order chi connectivity index (χ1) is 5.65. The van der Waals surface area contributed by atoms with Crippen molar-refractivity contribution >= 4 is 27.5 Å². The lowest BCUT2D eigenvalue weighted by atomic mass is 10.0. The molecule has 0 amide bonds. The van der Waals surface area contributed by atoms with Crippen LogP contribution < -0.4 is 0 Å². The second kappa shape index (κ2) is 4.11. The van der Waals surface area contributed by atoms with Gasteiger partial charge in [0, 0.05) is 9.50 Å². The highest BCUT2D eigenvalue weighted by Gasteiger charge is 2.05. The maximum Gasteiger partial charge on any atom is 0.0409 e. The fourth-order valence-corrected chi connectivity index (χ4v) is 1.78. The molecule has 0 nitrogen and oxygen atoms in total. The molecule has 0 radical (unpaired) electrons. The Morgan fingerprint density at radius 2 is 2.25 bits per heavy atom. The van der Waals surface area contributed by atoms with Gasteiger partial charge in [-0.1, -0.05) is 40.5 Å². The smallest absolute Gasteiger partial charge is 0.0409 e. The molecule has 0 aliphatic rings. The fraction of sp³-hybridized carbons (Fsp3) is 0.200. The fourth-order valence-electron chi connectivity index (χ4n) is 0.991. The van der Waals surface area contributed by atoms with Crippen LogP contribution in [0.25, 0.3) is 0 Å². The van der Waals surface area contributed by atoms with Crippen LogP contribution in [0.2, 0.25) is 5.02 Å². The average Bonchev–Trinajstić information content (AvgIpc) is 2.08. The van der Waals surface area contributed by atoms with Crippen LogP contribution in [0.4, 0.5) is 0 Å². The summed E-state index contributed by atoms with van der Waals surface area (Å²) in [6, 6.07) is 5.78. The van der Waals surface area contributed by atoms with Gasteiger partial charge < -0.3 is 0 Å². The number of allylic oxidation sites excluding steroid dienone is 1. The largest absolute Gasteiger partial charge is 0.102 e. The topological polar surface area (TPSA) is 0 Å². The first-order valence-electron chi connectivity index (χ1n) is 3.72. The van der Waals surface area contributed by atoms with E-state index in [4.69, 9.17) is 11.6 Å². The Kier molecular flexibility index (Phi) is 3.36. The van der Waals surface area contributed by atoms with E-state index in [0.717, 1.165) is 9.50 Å². The summed E-state index contributed by atoms with van der Waals surface area (Å²) < 4.78 is 1.08. The molecule has 0 aliphatic carbocycles. The van der Waals surface area contributed by atoms with Gasteiger partial charge in [0.15, 0.2) is 0 Å². The third-order valence-corrected chi connectivity index (χ3v) is 2.76. The van der Waals surface area contributed by atoms with Crippen molar-refractivity contribution in [2.24, 2.45) is 0 Å². The molecular formula is C10H10BrCl. The van der Waals surface area contributed by atoms with E-state index < -0.39 is 0 Å². The summed E-state index contributed by atoms with van der Waals surface area (Å²) in [7, 11) is 0. The molecule has 1 aromatic carbocycles. The van der Waals surface area contributed by atoms with Crippen molar-refractivity contribution in [1.82, 2.24) is 0 Å². The summed E-state index contributed by atoms with van der Waals surface area (Å²) in [5.41, 5.74) is 1.18. The molecule has 0 fully saturated rings. The van der Waals surface area contributed by atoms with Crippen molar-refractivity contribution in [1.29, 1.82) is 0 Å². The Morgan fingerprint density at radius 1 is 1.58 bits per heavy atom. The Balaban J connectivity index is 3.12. The highest BCUT2D eigenvalue weighted by atomic mass is 79.9. The van der Waals surface area contributed by atoms with Crippen molar-refractivity contribution in [3.05, 3.63) is 45.9 Å². The number of rotatable bonds is 2. The van der Waals surface area contributed by atoms with E-state index in [2.05, 4.69) is 29.4 Å². The SMILES string of the molecule is C=CC(C)c1cc(Cl)ccc1Br. The first-order valence-corrected chi connectivity index (χ1v) is 4.89.